The maximum absolute atomic E-state index is 8.38. The van der Waals surface area contributed by atoms with Crippen molar-refractivity contribution in [2.24, 2.45) is 5.92 Å². The van der Waals surface area contributed by atoms with E-state index in [-0.39, 0.29) is 0 Å². The van der Waals surface area contributed by atoms with Crippen LogP contribution < -0.4 is 0 Å². The number of nitrogens with one attached hydrogen (secondary N) is 1. The molecule has 2 rings (SSSR count). The molecule has 19 heavy (non-hydrogen) atoms. The lowest BCUT2D eigenvalue weighted by atomic mass is 9.91. The molecule has 0 bridgehead atoms. The largest absolute Gasteiger partial charge is 0.300 e. The van der Waals surface area contributed by atoms with Crippen molar-refractivity contribution in [2.75, 3.05) is 0 Å². The summed E-state index contributed by atoms with van der Waals surface area (Å²) in [5, 5.41) is 8.38. The molecule has 0 saturated heterocycles. The van der Waals surface area contributed by atoms with Crippen molar-refractivity contribution < 1.29 is 0 Å². The SMILES string of the molecule is CC=C(C)C(=N)c1cc(C)c(C)cc1CCC1CC1. The Morgan fingerprint density at radius 3 is 2.47 bits per heavy atom. The van der Waals surface area contributed by atoms with Gasteiger partial charge in [-0.1, -0.05) is 25.0 Å². The molecule has 0 spiro atoms. The molecule has 0 aromatic heterocycles. The Morgan fingerprint density at radius 1 is 1.26 bits per heavy atom. The van der Waals surface area contributed by atoms with E-state index in [1.807, 2.05) is 19.9 Å². The lowest BCUT2D eigenvalue weighted by Gasteiger charge is -2.14. The molecule has 0 atom stereocenters. The fourth-order valence-corrected chi connectivity index (χ4v) is 2.44. The van der Waals surface area contributed by atoms with Crippen LogP contribution in [0.15, 0.2) is 23.8 Å². The van der Waals surface area contributed by atoms with Gasteiger partial charge in [0.2, 0.25) is 0 Å². The first kappa shape index (κ1) is 14.0. The predicted molar refractivity (Wildman–Crippen MR) is 83.2 cm³/mol. The van der Waals surface area contributed by atoms with Gasteiger partial charge in [0.05, 0.1) is 5.71 Å². The number of hydrogen-bond acceptors (Lipinski definition) is 1. The standard InChI is InChI=1S/C18H25N/c1-5-12(2)18(19)17-11-14(4)13(3)10-16(17)9-8-15-6-7-15/h5,10-11,15,19H,6-9H2,1-4H3. The molecule has 0 heterocycles. The third-order valence-corrected chi connectivity index (χ3v) is 4.34. The Balaban J connectivity index is 2.32. The van der Waals surface area contributed by atoms with E-state index in [1.54, 1.807) is 0 Å². The van der Waals surface area contributed by atoms with Crippen molar-refractivity contribution >= 4 is 5.71 Å². The summed E-state index contributed by atoms with van der Waals surface area (Å²) in [6, 6.07) is 4.50. The van der Waals surface area contributed by atoms with Crippen LogP contribution in [0.3, 0.4) is 0 Å². The Labute approximate surface area is 117 Å². The van der Waals surface area contributed by atoms with E-state index in [2.05, 4.69) is 26.0 Å². The fourth-order valence-electron chi connectivity index (χ4n) is 2.44. The van der Waals surface area contributed by atoms with Crippen LogP contribution in [0.1, 0.15) is 55.4 Å². The molecule has 1 aromatic rings. The summed E-state index contributed by atoms with van der Waals surface area (Å²) in [4.78, 5) is 0. The second-order valence-corrected chi connectivity index (χ2v) is 5.92. The van der Waals surface area contributed by atoms with Crippen LogP contribution in [0, 0.1) is 25.2 Å². The Kier molecular flexibility index (Phi) is 4.24. The maximum Gasteiger partial charge on any atom is 0.0640 e. The highest BCUT2D eigenvalue weighted by Gasteiger charge is 2.21. The molecule has 1 heteroatoms. The van der Waals surface area contributed by atoms with Crippen LogP contribution in [0.5, 0.6) is 0 Å². The molecule has 1 fully saturated rings. The van der Waals surface area contributed by atoms with Gasteiger partial charge < -0.3 is 5.41 Å². The average Bonchev–Trinajstić information content (AvgIpc) is 3.22. The number of aryl methyl sites for hydroxylation is 3. The van der Waals surface area contributed by atoms with Gasteiger partial charge in [-0.3, -0.25) is 0 Å². The zero-order chi connectivity index (χ0) is 14.0. The lowest BCUT2D eigenvalue weighted by molar-refractivity contribution is 0.725. The van der Waals surface area contributed by atoms with Gasteiger partial charge in [-0.15, -0.1) is 0 Å². The first-order chi connectivity index (χ1) is 9.02. The second kappa shape index (κ2) is 5.73. The van der Waals surface area contributed by atoms with Gasteiger partial charge in [-0.25, -0.2) is 0 Å². The molecule has 0 aliphatic heterocycles. The number of benzene rings is 1. The second-order valence-electron chi connectivity index (χ2n) is 5.92. The summed E-state index contributed by atoms with van der Waals surface area (Å²) < 4.78 is 0. The summed E-state index contributed by atoms with van der Waals surface area (Å²) in [6.07, 6.45) is 7.26. The zero-order valence-electron chi connectivity index (χ0n) is 12.6. The van der Waals surface area contributed by atoms with Crippen molar-refractivity contribution in [3.63, 3.8) is 0 Å². The highest BCUT2D eigenvalue weighted by Crippen LogP contribution is 2.34. The summed E-state index contributed by atoms with van der Waals surface area (Å²) >= 11 is 0. The molecular weight excluding hydrogens is 230 g/mol. The van der Waals surface area contributed by atoms with E-state index < -0.39 is 0 Å². The minimum atomic E-state index is 0.691. The first-order valence-electron chi connectivity index (χ1n) is 7.35. The molecule has 1 aliphatic rings. The van der Waals surface area contributed by atoms with Gasteiger partial charge in [0.25, 0.3) is 0 Å². The Hall–Kier alpha value is -1.37. The van der Waals surface area contributed by atoms with Crippen molar-refractivity contribution in [1.82, 2.24) is 0 Å². The third kappa shape index (κ3) is 3.34. The summed E-state index contributed by atoms with van der Waals surface area (Å²) in [5.74, 6) is 0.950. The van der Waals surface area contributed by atoms with Crippen LogP contribution in [0.4, 0.5) is 0 Å². The lowest BCUT2D eigenvalue weighted by Crippen LogP contribution is -2.07. The molecule has 1 saturated carbocycles. The molecular formula is C18H25N. The molecule has 0 unspecified atom stereocenters. The minimum absolute atomic E-state index is 0.691. The molecule has 1 aliphatic carbocycles. The van der Waals surface area contributed by atoms with Crippen LogP contribution >= 0.6 is 0 Å². The normalized spacial score (nSPS) is 15.7. The van der Waals surface area contributed by atoms with Crippen molar-refractivity contribution in [2.45, 2.75) is 53.4 Å². The van der Waals surface area contributed by atoms with Gasteiger partial charge in [0.1, 0.15) is 0 Å². The van der Waals surface area contributed by atoms with Crippen molar-refractivity contribution in [1.29, 1.82) is 5.41 Å². The Bertz CT molecular complexity index is 519. The van der Waals surface area contributed by atoms with Crippen LogP contribution in [-0.4, -0.2) is 5.71 Å². The number of rotatable bonds is 5. The van der Waals surface area contributed by atoms with Gasteiger partial charge in [0, 0.05) is 5.56 Å². The molecule has 0 amide bonds. The Morgan fingerprint density at radius 2 is 1.89 bits per heavy atom. The van der Waals surface area contributed by atoms with Crippen molar-refractivity contribution in [3.8, 4) is 0 Å². The van der Waals surface area contributed by atoms with Gasteiger partial charge in [-0.05, 0) is 74.8 Å². The summed E-state index contributed by atoms with van der Waals surface area (Å²) in [6.45, 7) is 8.35. The van der Waals surface area contributed by atoms with Crippen molar-refractivity contribution in [3.05, 3.63) is 46.0 Å². The first-order valence-corrected chi connectivity index (χ1v) is 7.35. The van der Waals surface area contributed by atoms with Crippen LogP contribution in [0.25, 0.3) is 0 Å². The molecule has 1 nitrogen and oxygen atoms in total. The van der Waals surface area contributed by atoms with Crippen LogP contribution in [-0.2, 0) is 6.42 Å². The van der Waals surface area contributed by atoms with E-state index in [0.717, 1.165) is 23.5 Å². The monoisotopic (exact) mass is 255 g/mol. The quantitative estimate of drug-likeness (QED) is 0.717. The van der Waals surface area contributed by atoms with E-state index in [1.165, 1.54) is 36.0 Å². The molecule has 1 N–H and O–H groups in total. The highest BCUT2D eigenvalue weighted by molar-refractivity contribution is 6.11. The molecule has 1 aromatic carbocycles. The van der Waals surface area contributed by atoms with E-state index in [0.29, 0.717) is 5.71 Å². The predicted octanol–water partition coefficient (Wildman–Crippen LogP) is 4.98. The molecule has 0 radical (unpaired) electrons. The topological polar surface area (TPSA) is 23.9 Å². The third-order valence-electron chi connectivity index (χ3n) is 4.34. The summed E-state index contributed by atoms with van der Waals surface area (Å²) in [7, 11) is 0. The van der Waals surface area contributed by atoms with Gasteiger partial charge in [-0.2, -0.15) is 0 Å². The maximum atomic E-state index is 8.38. The average molecular weight is 255 g/mol. The summed E-state index contributed by atoms with van der Waals surface area (Å²) in [5.41, 5.74) is 6.90. The van der Waals surface area contributed by atoms with E-state index >= 15 is 0 Å². The number of hydrogen-bond donors (Lipinski definition) is 1. The molecule has 102 valence electrons. The minimum Gasteiger partial charge on any atom is -0.300 e. The van der Waals surface area contributed by atoms with Gasteiger partial charge >= 0.3 is 0 Å². The van der Waals surface area contributed by atoms with E-state index in [4.69, 9.17) is 5.41 Å². The zero-order valence-corrected chi connectivity index (χ0v) is 12.6. The smallest absolute Gasteiger partial charge is 0.0640 e. The van der Waals surface area contributed by atoms with Crippen LogP contribution in [0.2, 0.25) is 0 Å². The number of allylic oxidation sites excluding steroid dienone is 2. The van der Waals surface area contributed by atoms with E-state index in [9.17, 15) is 0 Å². The highest BCUT2D eigenvalue weighted by atomic mass is 14.4. The fraction of sp³-hybridized carbons (Fsp3) is 0.500. The van der Waals surface area contributed by atoms with Gasteiger partial charge in [0.15, 0.2) is 0 Å².